The number of carboxylic acids is 2. The van der Waals surface area contributed by atoms with Crippen LogP contribution in [0.3, 0.4) is 0 Å². The maximum absolute atomic E-state index is 11.5. The van der Waals surface area contributed by atoms with Gasteiger partial charge in [0.05, 0.1) is 14.2 Å². The second-order valence-corrected chi connectivity index (χ2v) is 10.7. The SMILES string of the molecule is CCCCC(CC)CC(=Cc1ccc(OC)cc1)C(=O)O.CCCCCCC(C)ON=O.COc1ccc(C=CC(=O)O)cc1. The number of ether oxygens (including phenoxy) is 2. The normalized spacial score (nSPS) is 12.1. The molecule has 2 atom stereocenters. The van der Waals surface area contributed by atoms with E-state index in [4.69, 9.17) is 14.6 Å². The minimum Gasteiger partial charge on any atom is -0.497 e. The van der Waals surface area contributed by atoms with E-state index in [1.54, 1.807) is 44.6 Å². The van der Waals surface area contributed by atoms with Crippen LogP contribution in [0.1, 0.15) is 103 Å². The van der Waals surface area contributed by atoms with E-state index in [-0.39, 0.29) is 6.10 Å². The van der Waals surface area contributed by atoms with Crippen LogP contribution in [0.5, 0.6) is 11.5 Å². The Morgan fingerprint density at radius 1 is 0.800 bits per heavy atom. The van der Waals surface area contributed by atoms with Gasteiger partial charge in [-0.3, -0.25) is 0 Å². The summed E-state index contributed by atoms with van der Waals surface area (Å²) in [5.74, 6) is 0.216. The fourth-order valence-corrected chi connectivity index (χ4v) is 4.23. The first-order valence-corrected chi connectivity index (χ1v) is 15.7. The Morgan fingerprint density at radius 3 is 1.80 bits per heavy atom. The predicted molar refractivity (Wildman–Crippen MR) is 181 cm³/mol. The Kier molecular flexibility index (Phi) is 23.9. The quantitative estimate of drug-likeness (QED) is 0.0681. The lowest BCUT2D eigenvalue weighted by atomic mass is 9.91. The molecule has 0 aliphatic carbocycles. The summed E-state index contributed by atoms with van der Waals surface area (Å²) in [5, 5.41) is 20.2. The van der Waals surface area contributed by atoms with Gasteiger partial charge in [0.2, 0.25) is 0 Å². The highest BCUT2D eigenvalue weighted by molar-refractivity contribution is 5.92. The molecule has 0 fully saturated rings. The minimum atomic E-state index is -0.948. The van der Waals surface area contributed by atoms with Crippen molar-refractivity contribution >= 4 is 24.1 Å². The van der Waals surface area contributed by atoms with Crippen LogP contribution >= 0.6 is 0 Å². The number of carboxylic acid groups (broad SMARTS) is 2. The van der Waals surface area contributed by atoms with Crippen molar-refractivity contribution in [1.82, 2.24) is 0 Å². The van der Waals surface area contributed by atoms with Crippen molar-refractivity contribution in [3.8, 4) is 11.5 Å². The van der Waals surface area contributed by atoms with Gasteiger partial charge in [0.15, 0.2) is 5.34 Å². The van der Waals surface area contributed by atoms with E-state index in [2.05, 4.69) is 30.9 Å². The van der Waals surface area contributed by atoms with E-state index < -0.39 is 11.9 Å². The number of carbonyl (C=O) groups is 2. The summed E-state index contributed by atoms with van der Waals surface area (Å²) in [6.07, 6.45) is 15.3. The molecule has 2 aromatic carbocycles. The Morgan fingerprint density at radius 2 is 1.36 bits per heavy atom. The summed E-state index contributed by atoms with van der Waals surface area (Å²) in [7, 11) is 3.20. The van der Waals surface area contributed by atoms with E-state index in [0.29, 0.717) is 17.9 Å². The number of hydrogen-bond acceptors (Lipinski definition) is 7. The summed E-state index contributed by atoms with van der Waals surface area (Å²) in [5.41, 5.74) is 2.23. The molecule has 9 nitrogen and oxygen atoms in total. The van der Waals surface area contributed by atoms with E-state index in [1.165, 1.54) is 25.3 Å². The number of unbranched alkanes of at least 4 members (excludes halogenated alkanes) is 4. The fourth-order valence-electron chi connectivity index (χ4n) is 4.23. The van der Waals surface area contributed by atoms with Gasteiger partial charge in [-0.05, 0) is 79.6 Å². The Balaban J connectivity index is 0.000000693. The Labute approximate surface area is 269 Å². The molecule has 9 heteroatoms. The van der Waals surface area contributed by atoms with Crippen LogP contribution in [0.15, 0.2) is 65.5 Å². The van der Waals surface area contributed by atoms with Crippen molar-refractivity contribution in [1.29, 1.82) is 0 Å². The van der Waals surface area contributed by atoms with Gasteiger partial charge in [-0.15, -0.1) is 4.91 Å². The number of methoxy groups -OCH3 is 2. The monoisotopic (exact) mass is 627 g/mol. The molecule has 2 N–H and O–H groups in total. The Hall–Kier alpha value is -4.14. The molecule has 2 unspecified atom stereocenters. The highest BCUT2D eigenvalue weighted by Crippen LogP contribution is 2.24. The molecule has 0 bridgehead atoms. The summed E-state index contributed by atoms with van der Waals surface area (Å²) >= 11 is 0. The van der Waals surface area contributed by atoms with Crippen molar-refractivity contribution in [2.24, 2.45) is 11.3 Å². The molecule has 0 aromatic heterocycles. The molecule has 0 heterocycles. The molecule has 250 valence electrons. The third kappa shape index (κ3) is 21.2. The summed E-state index contributed by atoms with van der Waals surface area (Å²) < 4.78 is 10.1. The molecule has 0 spiro atoms. The van der Waals surface area contributed by atoms with Crippen molar-refractivity contribution < 1.29 is 34.1 Å². The number of nitrogens with zero attached hydrogens (tertiary/aromatic N) is 1. The molecular formula is C36H53NO8. The van der Waals surface area contributed by atoms with Crippen LogP contribution in [-0.4, -0.2) is 42.5 Å². The van der Waals surface area contributed by atoms with Crippen LogP contribution in [0.4, 0.5) is 0 Å². The first-order chi connectivity index (χ1) is 21.6. The number of hydrogen-bond donors (Lipinski definition) is 2. The third-order valence-electron chi connectivity index (χ3n) is 7.00. The molecule has 0 radical (unpaired) electrons. The zero-order valence-corrected chi connectivity index (χ0v) is 27.9. The van der Waals surface area contributed by atoms with Gasteiger partial charge in [0, 0.05) is 11.6 Å². The first kappa shape index (κ1) is 40.9. The minimum absolute atomic E-state index is 0.00986. The average Bonchev–Trinajstić information content (AvgIpc) is 3.04. The van der Waals surface area contributed by atoms with Crippen LogP contribution in [0.2, 0.25) is 0 Å². The fraction of sp³-hybridized carbons (Fsp3) is 0.500. The van der Waals surface area contributed by atoms with Crippen LogP contribution in [0.25, 0.3) is 12.2 Å². The van der Waals surface area contributed by atoms with Crippen molar-refractivity contribution in [3.05, 3.63) is 76.2 Å². The summed E-state index contributed by atoms with van der Waals surface area (Å²) in [4.78, 5) is 35.8. The molecule has 2 rings (SSSR count). The Bertz CT molecular complexity index is 1130. The number of benzene rings is 2. The topological polar surface area (TPSA) is 132 Å². The molecule has 0 aliphatic rings. The zero-order valence-electron chi connectivity index (χ0n) is 27.9. The summed E-state index contributed by atoms with van der Waals surface area (Å²) in [6.45, 7) is 8.34. The van der Waals surface area contributed by atoms with Gasteiger partial charge in [-0.2, -0.15) is 0 Å². The van der Waals surface area contributed by atoms with Gasteiger partial charge in [-0.1, -0.05) is 90.0 Å². The molecule has 2 aromatic rings. The summed E-state index contributed by atoms with van der Waals surface area (Å²) in [6, 6.07) is 14.6. The average molecular weight is 628 g/mol. The molecule has 45 heavy (non-hydrogen) atoms. The maximum Gasteiger partial charge on any atom is 0.331 e. The molecule has 0 aliphatic heterocycles. The molecule has 0 amide bonds. The zero-order chi connectivity index (χ0) is 33.9. The largest absolute Gasteiger partial charge is 0.497 e. The van der Waals surface area contributed by atoms with E-state index in [1.807, 2.05) is 31.2 Å². The molecular weight excluding hydrogens is 574 g/mol. The van der Waals surface area contributed by atoms with Crippen LogP contribution < -0.4 is 9.47 Å². The number of aliphatic carboxylic acids is 2. The second kappa shape index (κ2) is 26.3. The van der Waals surface area contributed by atoms with Crippen molar-refractivity contribution in [3.63, 3.8) is 0 Å². The maximum atomic E-state index is 11.5. The molecule has 0 saturated carbocycles. The lowest BCUT2D eigenvalue weighted by molar-refractivity contribution is -0.133. The van der Waals surface area contributed by atoms with Crippen LogP contribution in [-0.2, 0) is 14.4 Å². The predicted octanol–water partition coefficient (Wildman–Crippen LogP) is 9.61. The highest BCUT2D eigenvalue weighted by Gasteiger charge is 2.14. The van der Waals surface area contributed by atoms with E-state index in [0.717, 1.165) is 67.2 Å². The van der Waals surface area contributed by atoms with E-state index in [9.17, 15) is 19.6 Å². The number of rotatable bonds is 19. The smallest absolute Gasteiger partial charge is 0.331 e. The highest BCUT2D eigenvalue weighted by atomic mass is 16.7. The first-order valence-electron chi connectivity index (χ1n) is 15.7. The lowest BCUT2D eigenvalue weighted by Gasteiger charge is -2.14. The van der Waals surface area contributed by atoms with Gasteiger partial charge in [0.1, 0.15) is 17.6 Å². The second-order valence-electron chi connectivity index (χ2n) is 10.7. The lowest BCUT2D eigenvalue weighted by Crippen LogP contribution is -2.08. The van der Waals surface area contributed by atoms with E-state index >= 15 is 0 Å². The molecule has 0 saturated heterocycles. The van der Waals surface area contributed by atoms with Crippen LogP contribution in [0, 0.1) is 10.8 Å². The van der Waals surface area contributed by atoms with Gasteiger partial charge in [-0.25, -0.2) is 9.59 Å². The van der Waals surface area contributed by atoms with Gasteiger partial charge in [0.25, 0.3) is 0 Å². The van der Waals surface area contributed by atoms with Crippen molar-refractivity contribution in [2.75, 3.05) is 14.2 Å². The van der Waals surface area contributed by atoms with Gasteiger partial charge < -0.3 is 24.5 Å². The third-order valence-corrected chi connectivity index (χ3v) is 7.00. The van der Waals surface area contributed by atoms with Gasteiger partial charge >= 0.3 is 11.9 Å². The van der Waals surface area contributed by atoms with Crippen molar-refractivity contribution in [2.45, 2.75) is 98.0 Å². The standard InChI is InChI=1S/C18H26O3.C10H10O3.C8H17NO2/c1-4-6-7-14(5-2)12-16(18(19)20)13-15-8-10-17(21-3)11-9-15;1-13-9-5-2-8(3-6-9)4-7-10(11)12;1-3-4-5-6-7-8(2)11-9-10/h8-11,13-14H,4-7,12H2,1-3H3,(H,19,20);2-7H,1H3,(H,11,12);8H,3-7H2,1-2H3.